The molecule has 0 spiro atoms. The number of benzene rings is 3. The molecular formula is C25H19I2N3O5. The fourth-order valence-corrected chi connectivity index (χ4v) is 5.11. The van der Waals surface area contributed by atoms with Gasteiger partial charge in [0.05, 0.1) is 18.7 Å². The van der Waals surface area contributed by atoms with Crippen LogP contribution in [-0.2, 0) is 11.4 Å². The molecule has 10 heteroatoms. The van der Waals surface area contributed by atoms with Crippen molar-refractivity contribution in [3.05, 3.63) is 94.6 Å². The number of rotatable bonds is 9. The van der Waals surface area contributed by atoms with Crippen LogP contribution >= 0.6 is 45.2 Å². The monoisotopic (exact) mass is 695 g/mol. The van der Waals surface area contributed by atoms with Crippen LogP contribution in [0.5, 0.6) is 11.5 Å². The molecule has 0 saturated carbocycles. The molecule has 1 N–H and O–H groups in total. The van der Waals surface area contributed by atoms with Crippen LogP contribution in [-0.4, -0.2) is 17.4 Å². The second kappa shape index (κ2) is 12.5. The van der Waals surface area contributed by atoms with Crippen LogP contribution in [0, 0.1) is 28.6 Å². The van der Waals surface area contributed by atoms with Crippen LogP contribution in [0.2, 0.25) is 0 Å². The molecule has 0 heterocycles. The van der Waals surface area contributed by atoms with E-state index in [2.05, 4.69) is 50.5 Å². The SMILES string of the molecule is CCOc1ccc(NC(=O)C(C#N)=Cc2cc(I)c(OCc3ccc([N+](=O)[O-])cc3)c(I)c2)cc1. The third-order valence-electron chi connectivity index (χ3n) is 4.65. The van der Waals surface area contributed by atoms with E-state index in [0.717, 1.165) is 12.7 Å². The number of nitro benzene ring substituents is 1. The maximum Gasteiger partial charge on any atom is 0.269 e. The van der Waals surface area contributed by atoms with Gasteiger partial charge in [-0.05, 0) is 118 Å². The Labute approximate surface area is 229 Å². The summed E-state index contributed by atoms with van der Waals surface area (Å²) >= 11 is 4.26. The number of nitro groups is 1. The van der Waals surface area contributed by atoms with Crippen LogP contribution in [0.3, 0.4) is 0 Å². The zero-order valence-corrected chi connectivity index (χ0v) is 22.8. The van der Waals surface area contributed by atoms with Gasteiger partial charge in [0.25, 0.3) is 11.6 Å². The molecule has 0 atom stereocenters. The third kappa shape index (κ3) is 7.40. The summed E-state index contributed by atoms with van der Waals surface area (Å²) in [6.07, 6.45) is 1.52. The highest BCUT2D eigenvalue weighted by atomic mass is 127. The second-order valence-corrected chi connectivity index (χ2v) is 9.43. The van der Waals surface area contributed by atoms with Gasteiger partial charge in [-0.15, -0.1) is 0 Å². The topological polar surface area (TPSA) is 114 Å². The van der Waals surface area contributed by atoms with Gasteiger partial charge in [-0.2, -0.15) is 5.26 Å². The highest BCUT2D eigenvalue weighted by Crippen LogP contribution is 2.31. The third-order valence-corrected chi connectivity index (χ3v) is 6.25. The quantitative estimate of drug-likeness (QED) is 0.0921. The molecule has 8 nitrogen and oxygen atoms in total. The molecule has 0 radical (unpaired) electrons. The van der Waals surface area contributed by atoms with Crippen molar-refractivity contribution >= 4 is 68.5 Å². The molecule has 0 fully saturated rings. The zero-order chi connectivity index (χ0) is 25.4. The standard InChI is InChI=1S/C25H19I2N3O5/c1-2-34-21-9-5-19(6-10-21)29-25(31)18(14-28)11-17-12-22(26)24(23(27)13-17)35-15-16-3-7-20(8-4-16)30(32)33/h3-13H,2,15H2,1H3,(H,29,31). The molecule has 3 aromatic carbocycles. The number of nitriles is 1. The maximum atomic E-state index is 12.6. The van der Waals surface area contributed by atoms with Crippen LogP contribution in [0.4, 0.5) is 11.4 Å². The predicted octanol–water partition coefficient (Wildman–Crippen LogP) is 6.33. The van der Waals surface area contributed by atoms with Gasteiger partial charge in [-0.3, -0.25) is 14.9 Å². The van der Waals surface area contributed by atoms with Gasteiger partial charge >= 0.3 is 0 Å². The lowest BCUT2D eigenvalue weighted by molar-refractivity contribution is -0.384. The first-order chi connectivity index (χ1) is 16.8. The van der Waals surface area contributed by atoms with Crippen molar-refractivity contribution in [2.45, 2.75) is 13.5 Å². The molecule has 3 aromatic rings. The Morgan fingerprint density at radius 3 is 2.26 bits per heavy atom. The number of amides is 1. The summed E-state index contributed by atoms with van der Waals surface area (Å²) in [5, 5.41) is 23.1. The molecule has 0 bridgehead atoms. The highest BCUT2D eigenvalue weighted by Gasteiger charge is 2.13. The Balaban J connectivity index is 1.71. The van der Waals surface area contributed by atoms with Crippen molar-refractivity contribution < 1.29 is 19.2 Å². The van der Waals surface area contributed by atoms with Crippen LogP contribution < -0.4 is 14.8 Å². The minimum absolute atomic E-state index is 0.0221. The lowest BCUT2D eigenvalue weighted by Gasteiger charge is -2.12. The van der Waals surface area contributed by atoms with Gasteiger partial charge in [-0.1, -0.05) is 0 Å². The molecule has 1 amide bonds. The predicted molar refractivity (Wildman–Crippen MR) is 149 cm³/mol. The number of non-ortho nitro benzene ring substituents is 1. The summed E-state index contributed by atoms with van der Waals surface area (Å²) in [6, 6.07) is 18.7. The Kier molecular flexibility index (Phi) is 9.44. The summed E-state index contributed by atoms with van der Waals surface area (Å²) < 4.78 is 12.9. The van der Waals surface area contributed by atoms with Gasteiger partial charge < -0.3 is 14.8 Å². The first kappa shape index (κ1) is 26.4. The van der Waals surface area contributed by atoms with Gasteiger partial charge in [-0.25, -0.2) is 0 Å². The highest BCUT2D eigenvalue weighted by molar-refractivity contribution is 14.1. The van der Waals surface area contributed by atoms with E-state index in [1.54, 1.807) is 36.4 Å². The van der Waals surface area contributed by atoms with Gasteiger partial charge in [0, 0.05) is 17.8 Å². The number of nitrogens with one attached hydrogen (secondary N) is 1. The van der Waals surface area contributed by atoms with Crippen molar-refractivity contribution in [1.29, 1.82) is 5.26 Å². The Morgan fingerprint density at radius 1 is 1.09 bits per heavy atom. The number of ether oxygens (including phenoxy) is 2. The molecule has 0 aliphatic carbocycles. The van der Waals surface area contributed by atoms with Crippen LogP contribution in [0.25, 0.3) is 6.08 Å². The molecule has 3 rings (SSSR count). The summed E-state index contributed by atoms with van der Waals surface area (Å²) in [6.45, 7) is 2.68. The van der Waals surface area contributed by atoms with Crippen LogP contribution in [0.15, 0.2) is 66.2 Å². The lowest BCUT2D eigenvalue weighted by Crippen LogP contribution is -2.13. The molecule has 0 saturated heterocycles. The zero-order valence-electron chi connectivity index (χ0n) is 18.5. The fraction of sp³-hybridized carbons (Fsp3) is 0.120. The van der Waals surface area contributed by atoms with Crippen molar-refractivity contribution in [2.24, 2.45) is 0 Å². The summed E-state index contributed by atoms with van der Waals surface area (Å²) in [5.74, 6) is 0.834. The number of hydrogen-bond donors (Lipinski definition) is 1. The average Bonchev–Trinajstić information content (AvgIpc) is 2.83. The molecule has 0 aliphatic rings. The van der Waals surface area contributed by atoms with E-state index in [-0.39, 0.29) is 17.9 Å². The molecule has 0 unspecified atom stereocenters. The van der Waals surface area contributed by atoms with Gasteiger partial charge in [0.1, 0.15) is 29.7 Å². The molecule has 0 aliphatic heterocycles. The Bertz CT molecular complexity index is 1280. The molecule has 35 heavy (non-hydrogen) atoms. The maximum absolute atomic E-state index is 12.6. The summed E-state index contributed by atoms with van der Waals surface area (Å²) in [4.78, 5) is 23.0. The second-order valence-electron chi connectivity index (χ2n) is 7.11. The molecule has 178 valence electrons. The summed E-state index contributed by atoms with van der Waals surface area (Å²) in [7, 11) is 0. The number of carbonyl (C=O) groups is 1. The van der Waals surface area contributed by atoms with E-state index in [1.165, 1.54) is 18.2 Å². The normalized spacial score (nSPS) is 10.9. The smallest absolute Gasteiger partial charge is 0.269 e. The average molecular weight is 695 g/mol. The molecular weight excluding hydrogens is 676 g/mol. The first-order valence-corrected chi connectivity index (χ1v) is 12.5. The largest absolute Gasteiger partial charge is 0.494 e. The number of halogens is 2. The van der Waals surface area contributed by atoms with Gasteiger partial charge in [0.15, 0.2) is 0 Å². The first-order valence-electron chi connectivity index (χ1n) is 10.3. The number of hydrogen-bond acceptors (Lipinski definition) is 6. The van der Waals surface area contributed by atoms with Crippen molar-refractivity contribution in [3.63, 3.8) is 0 Å². The van der Waals surface area contributed by atoms with Crippen molar-refractivity contribution in [1.82, 2.24) is 0 Å². The van der Waals surface area contributed by atoms with E-state index in [9.17, 15) is 20.2 Å². The van der Waals surface area contributed by atoms with E-state index < -0.39 is 10.8 Å². The lowest BCUT2D eigenvalue weighted by atomic mass is 10.1. The van der Waals surface area contributed by atoms with Gasteiger partial charge in [0.2, 0.25) is 0 Å². The van der Waals surface area contributed by atoms with Crippen molar-refractivity contribution in [3.8, 4) is 17.6 Å². The minimum atomic E-state index is -0.514. The van der Waals surface area contributed by atoms with E-state index in [0.29, 0.717) is 29.4 Å². The van der Waals surface area contributed by atoms with Crippen molar-refractivity contribution in [2.75, 3.05) is 11.9 Å². The van der Waals surface area contributed by atoms with E-state index in [1.807, 2.05) is 25.1 Å². The summed E-state index contributed by atoms with van der Waals surface area (Å²) in [5.41, 5.74) is 2.02. The number of carbonyl (C=O) groups excluding carboxylic acids is 1. The van der Waals surface area contributed by atoms with Crippen LogP contribution in [0.1, 0.15) is 18.1 Å². The molecule has 0 aromatic heterocycles. The van der Waals surface area contributed by atoms with E-state index in [4.69, 9.17) is 9.47 Å². The Hall–Kier alpha value is -3.18. The Morgan fingerprint density at radius 2 is 1.71 bits per heavy atom. The fourth-order valence-electron chi connectivity index (χ4n) is 2.98. The minimum Gasteiger partial charge on any atom is -0.494 e. The van der Waals surface area contributed by atoms with E-state index >= 15 is 0 Å². The number of anilines is 1. The number of nitrogens with zero attached hydrogens (tertiary/aromatic N) is 2.